The zero-order chi connectivity index (χ0) is 14.0. The molecule has 0 radical (unpaired) electrons. The summed E-state index contributed by atoms with van der Waals surface area (Å²) in [7, 11) is 0. The van der Waals surface area contributed by atoms with E-state index in [-0.39, 0.29) is 11.6 Å². The number of ether oxygens (including phenoxy) is 2. The number of esters is 1. The van der Waals surface area contributed by atoms with E-state index in [0.717, 1.165) is 4.47 Å². The number of carbonyl (C=O) groups excluding carboxylic acids is 1. The fourth-order valence-corrected chi connectivity index (χ4v) is 2.15. The molecule has 0 saturated heterocycles. The Morgan fingerprint density at radius 1 is 1.58 bits per heavy atom. The number of carbonyl (C=O) groups is 1. The van der Waals surface area contributed by atoms with Crippen LogP contribution in [0.15, 0.2) is 27.7 Å². The number of halogens is 1. The molecule has 1 aliphatic rings. The van der Waals surface area contributed by atoms with Crippen molar-refractivity contribution in [2.75, 3.05) is 6.61 Å². The van der Waals surface area contributed by atoms with Crippen LogP contribution >= 0.6 is 15.9 Å². The molecule has 0 fully saturated rings. The maximum Gasteiger partial charge on any atom is 0.334 e. The molecule has 0 aliphatic carbocycles. The highest BCUT2D eigenvalue weighted by molar-refractivity contribution is 9.10. The first-order chi connectivity index (χ1) is 9.02. The third-order valence-electron chi connectivity index (χ3n) is 2.72. The maximum absolute atomic E-state index is 11.7. The second-order valence-corrected chi connectivity index (χ2v) is 5.03. The average Bonchev–Trinajstić information content (AvgIpc) is 2.74. The number of phenolic OH excluding ortho intramolecular Hbond substituents is 1. The highest BCUT2D eigenvalue weighted by atomic mass is 79.9. The lowest BCUT2D eigenvalue weighted by Gasteiger charge is -2.11. The van der Waals surface area contributed by atoms with Gasteiger partial charge in [0.1, 0.15) is 11.9 Å². The van der Waals surface area contributed by atoms with Crippen molar-refractivity contribution in [2.45, 2.75) is 26.0 Å². The minimum atomic E-state index is -0.687. The first-order valence-electron chi connectivity index (χ1n) is 5.93. The zero-order valence-electron chi connectivity index (χ0n) is 10.6. The Balaban J connectivity index is 2.29. The first kappa shape index (κ1) is 13.9. The average molecular weight is 328 g/mol. The van der Waals surface area contributed by atoms with Crippen molar-refractivity contribution < 1.29 is 19.4 Å². The zero-order valence-corrected chi connectivity index (χ0v) is 12.2. The van der Waals surface area contributed by atoms with E-state index in [1.54, 1.807) is 26.0 Å². The van der Waals surface area contributed by atoms with E-state index in [9.17, 15) is 9.90 Å². The first-order valence-corrected chi connectivity index (χ1v) is 6.72. The van der Waals surface area contributed by atoms with Crippen LogP contribution < -0.4 is 0 Å². The van der Waals surface area contributed by atoms with Gasteiger partial charge in [0.15, 0.2) is 6.04 Å². The molecule has 1 aliphatic heterocycles. The summed E-state index contributed by atoms with van der Waals surface area (Å²) in [6.45, 7) is 3.78. The number of hydrogen-bond acceptors (Lipinski definition) is 5. The van der Waals surface area contributed by atoms with E-state index in [1.165, 1.54) is 6.07 Å². The topological polar surface area (TPSA) is 68.1 Å². The number of aromatic hydroxyl groups is 1. The van der Waals surface area contributed by atoms with E-state index in [0.29, 0.717) is 12.2 Å². The second kappa shape index (κ2) is 5.61. The Hall–Kier alpha value is -1.56. The highest BCUT2D eigenvalue weighted by Crippen LogP contribution is 2.27. The lowest BCUT2D eigenvalue weighted by molar-refractivity contribution is -0.145. The number of phenols is 1. The molecule has 0 unspecified atom stereocenters. The number of benzene rings is 1. The second-order valence-electron chi connectivity index (χ2n) is 4.12. The van der Waals surface area contributed by atoms with Crippen molar-refractivity contribution in [1.82, 2.24) is 0 Å². The van der Waals surface area contributed by atoms with Gasteiger partial charge in [-0.05, 0) is 32.0 Å². The molecule has 0 amide bonds. The Morgan fingerprint density at radius 2 is 2.32 bits per heavy atom. The summed E-state index contributed by atoms with van der Waals surface area (Å²) in [6.07, 6.45) is -0.410. The van der Waals surface area contributed by atoms with Gasteiger partial charge in [0.25, 0.3) is 0 Å². The Labute approximate surface area is 119 Å². The fraction of sp³-hybridized carbons (Fsp3) is 0.385. The third-order valence-corrected chi connectivity index (χ3v) is 3.21. The molecule has 0 spiro atoms. The van der Waals surface area contributed by atoms with Gasteiger partial charge in [0.05, 0.1) is 12.2 Å². The minimum absolute atomic E-state index is 0.0543. The third kappa shape index (κ3) is 2.89. The number of aliphatic imine (C=N–C) groups is 1. The molecule has 1 N–H and O–H groups in total. The molecule has 19 heavy (non-hydrogen) atoms. The Kier molecular flexibility index (Phi) is 4.09. The van der Waals surface area contributed by atoms with Gasteiger partial charge < -0.3 is 14.6 Å². The molecule has 0 aromatic heterocycles. The molecule has 102 valence electrons. The van der Waals surface area contributed by atoms with E-state index in [2.05, 4.69) is 20.9 Å². The van der Waals surface area contributed by atoms with Crippen molar-refractivity contribution in [3.8, 4) is 5.75 Å². The summed E-state index contributed by atoms with van der Waals surface area (Å²) in [6, 6.07) is 4.25. The predicted molar refractivity (Wildman–Crippen MR) is 73.3 cm³/mol. The SMILES string of the molecule is CCOC(=O)[C@@H]1N=C(c2cc(Br)ccc2O)O[C@@H]1C. The van der Waals surface area contributed by atoms with Crippen LogP contribution in [0.1, 0.15) is 19.4 Å². The van der Waals surface area contributed by atoms with Gasteiger partial charge in [-0.2, -0.15) is 0 Å². The summed E-state index contributed by atoms with van der Waals surface area (Å²) in [5, 5.41) is 9.81. The molecule has 5 nitrogen and oxygen atoms in total. The summed E-state index contributed by atoms with van der Waals surface area (Å²) in [5.74, 6) is -0.109. The van der Waals surface area contributed by atoms with Gasteiger partial charge >= 0.3 is 5.97 Å². The Bertz CT molecular complexity index is 529. The van der Waals surface area contributed by atoms with Crippen LogP contribution in [0.5, 0.6) is 5.75 Å². The monoisotopic (exact) mass is 327 g/mol. The van der Waals surface area contributed by atoms with Crippen LogP contribution in [0.25, 0.3) is 0 Å². The van der Waals surface area contributed by atoms with E-state index in [1.807, 2.05) is 0 Å². The number of hydrogen-bond donors (Lipinski definition) is 1. The molecular formula is C13H14BrNO4. The fourth-order valence-electron chi connectivity index (χ4n) is 1.79. The van der Waals surface area contributed by atoms with Gasteiger partial charge in [-0.3, -0.25) is 0 Å². The largest absolute Gasteiger partial charge is 0.507 e. The van der Waals surface area contributed by atoms with E-state index < -0.39 is 18.1 Å². The van der Waals surface area contributed by atoms with Crippen molar-refractivity contribution in [3.63, 3.8) is 0 Å². The lowest BCUT2D eigenvalue weighted by Crippen LogP contribution is -2.29. The minimum Gasteiger partial charge on any atom is -0.507 e. The van der Waals surface area contributed by atoms with Crippen LogP contribution in [0, 0.1) is 0 Å². The van der Waals surface area contributed by atoms with E-state index in [4.69, 9.17) is 9.47 Å². The van der Waals surface area contributed by atoms with Gasteiger partial charge in [0, 0.05) is 4.47 Å². The summed E-state index contributed by atoms with van der Waals surface area (Å²) in [4.78, 5) is 15.9. The van der Waals surface area contributed by atoms with E-state index >= 15 is 0 Å². The Morgan fingerprint density at radius 3 is 3.00 bits per heavy atom. The molecule has 0 bridgehead atoms. The molecule has 1 heterocycles. The van der Waals surface area contributed by atoms with Gasteiger partial charge in [-0.15, -0.1) is 0 Å². The molecule has 6 heteroatoms. The lowest BCUT2D eigenvalue weighted by atomic mass is 10.2. The summed E-state index contributed by atoms with van der Waals surface area (Å²) >= 11 is 3.31. The van der Waals surface area contributed by atoms with Crippen LogP contribution in [0.4, 0.5) is 0 Å². The van der Waals surface area contributed by atoms with Gasteiger partial charge in [0.2, 0.25) is 5.90 Å². The van der Waals surface area contributed by atoms with Crippen LogP contribution in [0.3, 0.4) is 0 Å². The quantitative estimate of drug-likeness (QED) is 0.864. The van der Waals surface area contributed by atoms with Crippen LogP contribution in [-0.2, 0) is 14.3 Å². The number of rotatable bonds is 3. The highest BCUT2D eigenvalue weighted by Gasteiger charge is 2.35. The van der Waals surface area contributed by atoms with Crippen LogP contribution in [-0.4, -0.2) is 35.7 Å². The predicted octanol–water partition coefficient (Wildman–Crippen LogP) is 2.25. The molecule has 1 aromatic rings. The van der Waals surface area contributed by atoms with Crippen molar-refractivity contribution in [1.29, 1.82) is 0 Å². The smallest absolute Gasteiger partial charge is 0.334 e. The molecule has 2 atom stereocenters. The van der Waals surface area contributed by atoms with Crippen molar-refractivity contribution in [2.24, 2.45) is 4.99 Å². The van der Waals surface area contributed by atoms with Crippen LogP contribution in [0.2, 0.25) is 0 Å². The molecule has 1 aromatic carbocycles. The maximum atomic E-state index is 11.7. The molecule has 0 saturated carbocycles. The normalized spacial score (nSPS) is 21.7. The summed E-state index contributed by atoms with van der Waals surface area (Å²) in [5.41, 5.74) is 0.452. The number of nitrogens with zero attached hydrogens (tertiary/aromatic N) is 1. The van der Waals surface area contributed by atoms with Crippen molar-refractivity contribution in [3.05, 3.63) is 28.2 Å². The standard InChI is InChI=1S/C13H14BrNO4/c1-3-18-13(17)11-7(2)19-12(15-11)9-6-8(14)4-5-10(9)16/h4-7,11,16H,3H2,1-2H3/t7-,11-/m1/s1. The molecule has 2 rings (SSSR count). The van der Waals surface area contributed by atoms with Gasteiger partial charge in [-0.1, -0.05) is 15.9 Å². The van der Waals surface area contributed by atoms with Gasteiger partial charge in [-0.25, -0.2) is 9.79 Å². The summed E-state index contributed by atoms with van der Waals surface area (Å²) < 4.78 is 11.3. The van der Waals surface area contributed by atoms with Crippen molar-refractivity contribution >= 4 is 27.8 Å². The molecular weight excluding hydrogens is 314 g/mol.